The summed E-state index contributed by atoms with van der Waals surface area (Å²) < 4.78 is 0. The standard InChI is InChI=1S/C19H16ClNO2/c20-16-7-2-1-4-14(16)18-13-6-3-5-12(13)15-10-11(19(22)23)8-9-17(15)21-18/h1-5,7-10,12-13,18,21H,6H2,(H,22,23)/t12-,13-,18+/m1/s1. The molecular formula is C19H16ClNO2. The minimum atomic E-state index is -0.889. The summed E-state index contributed by atoms with van der Waals surface area (Å²) in [5.41, 5.74) is 3.49. The van der Waals surface area contributed by atoms with Crippen LogP contribution < -0.4 is 5.32 Å². The minimum Gasteiger partial charge on any atom is -0.478 e. The van der Waals surface area contributed by atoms with E-state index in [0.29, 0.717) is 11.5 Å². The Labute approximate surface area is 139 Å². The number of hydrogen-bond donors (Lipinski definition) is 2. The molecule has 0 spiro atoms. The van der Waals surface area contributed by atoms with E-state index in [2.05, 4.69) is 23.5 Å². The predicted octanol–water partition coefficient (Wildman–Crippen LogP) is 4.86. The second-order valence-corrected chi connectivity index (χ2v) is 6.51. The molecule has 0 saturated heterocycles. The predicted molar refractivity (Wildman–Crippen MR) is 91.2 cm³/mol. The lowest BCUT2D eigenvalue weighted by atomic mass is 9.76. The molecule has 3 nitrogen and oxygen atoms in total. The minimum absolute atomic E-state index is 0.131. The smallest absolute Gasteiger partial charge is 0.335 e. The van der Waals surface area contributed by atoms with Crippen molar-refractivity contribution in [3.05, 3.63) is 76.3 Å². The molecule has 2 aromatic rings. The summed E-state index contributed by atoms with van der Waals surface area (Å²) in [5, 5.41) is 13.6. The molecule has 4 rings (SSSR count). The molecule has 2 aromatic carbocycles. The lowest BCUT2D eigenvalue weighted by Crippen LogP contribution is -2.29. The van der Waals surface area contributed by atoms with E-state index < -0.39 is 5.97 Å². The van der Waals surface area contributed by atoms with Gasteiger partial charge in [0.2, 0.25) is 0 Å². The summed E-state index contributed by atoms with van der Waals surface area (Å²) in [7, 11) is 0. The zero-order valence-corrected chi connectivity index (χ0v) is 13.1. The van der Waals surface area contributed by atoms with E-state index in [1.807, 2.05) is 24.3 Å². The van der Waals surface area contributed by atoms with Gasteiger partial charge in [0.15, 0.2) is 0 Å². The highest BCUT2D eigenvalue weighted by Gasteiger charge is 2.38. The van der Waals surface area contributed by atoms with Crippen LogP contribution in [0.4, 0.5) is 5.69 Å². The number of aromatic carboxylic acids is 1. The molecule has 0 aromatic heterocycles. The van der Waals surface area contributed by atoms with Gasteiger partial charge in [-0.1, -0.05) is 42.0 Å². The van der Waals surface area contributed by atoms with Crippen LogP contribution in [0.3, 0.4) is 0 Å². The normalized spacial score (nSPS) is 24.7. The van der Waals surface area contributed by atoms with Gasteiger partial charge in [-0.2, -0.15) is 0 Å². The summed E-state index contributed by atoms with van der Waals surface area (Å²) >= 11 is 6.40. The number of anilines is 1. The van der Waals surface area contributed by atoms with Gasteiger partial charge < -0.3 is 10.4 Å². The Kier molecular flexibility index (Phi) is 3.38. The van der Waals surface area contributed by atoms with Crippen molar-refractivity contribution >= 4 is 23.3 Å². The molecule has 0 fully saturated rings. The van der Waals surface area contributed by atoms with Gasteiger partial charge in [-0.15, -0.1) is 0 Å². The third kappa shape index (κ3) is 2.32. The fourth-order valence-corrected chi connectivity index (χ4v) is 4.02. The molecule has 0 amide bonds. The zero-order chi connectivity index (χ0) is 16.0. The quantitative estimate of drug-likeness (QED) is 0.775. The average Bonchev–Trinajstić information content (AvgIpc) is 3.04. The topological polar surface area (TPSA) is 49.3 Å². The van der Waals surface area contributed by atoms with Gasteiger partial charge in [0.25, 0.3) is 0 Å². The summed E-state index contributed by atoms with van der Waals surface area (Å²) in [4.78, 5) is 11.3. The fourth-order valence-electron chi connectivity index (χ4n) is 3.76. The number of halogens is 1. The van der Waals surface area contributed by atoms with Crippen LogP contribution in [-0.4, -0.2) is 11.1 Å². The molecule has 0 bridgehead atoms. The van der Waals surface area contributed by atoms with Crippen molar-refractivity contribution in [3.8, 4) is 0 Å². The lowest BCUT2D eigenvalue weighted by molar-refractivity contribution is 0.0696. The SMILES string of the molecule is O=C(O)c1ccc2c(c1)[C@@H]1C=CC[C@H]1[C@@H](c1ccccc1Cl)N2. The van der Waals surface area contributed by atoms with E-state index >= 15 is 0 Å². The Bertz CT molecular complexity index is 815. The van der Waals surface area contributed by atoms with Crippen molar-refractivity contribution in [3.63, 3.8) is 0 Å². The van der Waals surface area contributed by atoms with E-state index in [4.69, 9.17) is 11.6 Å². The number of benzene rings is 2. The monoisotopic (exact) mass is 325 g/mol. The first-order valence-electron chi connectivity index (χ1n) is 7.70. The Balaban J connectivity index is 1.81. The van der Waals surface area contributed by atoms with Crippen molar-refractivity contribution < 1.29 is 9.90 Å². The van der Waals surface area contributed by atoms with Crippen LogP contribution in [0.15, 0.2) is 54.6 Å². The van der Waals surface area contributed by atoms with Crippen molar-refractivity contribution in [2.24, 2.45) is 5.92 Å². The van der Waals surface area contributed by atoms with Crippen LogP contribution in [-0.2, 0) is 0 Å². The van der Waals surface area contributed by atoms with E-state index in [0.717, 1.165) is 28.3 Å². The van der Waals surface area contributed by atoms with Crippen LogP contribution in [0, 0.1) is 5.92 Å². The third-order valence-electron chi connectivity index (χ3n) is 4.85. The molecule has 2 aliphatic rings. The van der Waals surface area contributed by atoms with Crippen LogP contribution >= 0.6 is 11.6 Å². The maximum Gasteiger partial charge on any atom is 0.335 e. The summed E-state index contributed by atoms with van der Waals surface area (Å²) in [6.45, 7) is 0. The first-order valence-corrected chi connectivity index (χ1v) is 8.08. The summed E-state index contributed by atoms with van der Waals surface area (Å²) in [6.07, 6.45) is 5.34. The highest BCUT2D eigenvalue weighted by molar-refractivity contribution is 6.31. The Morgan fingerprint density at radius 1 is 1.17 bits per heavy atom. The van der Waals surface area contributed by atoms with E-state index in [-0.39, 0.29) is 12.0 Å². The summed E-state index contributed by atoms with van der Waals surface area (Å²) in [6, 6.07) is 13.4. The van der Waals surface area contributed by atoms with Crippen LogP contribution in [0.2, 0.25) is 5.02 Å². The molecule has 4 heteroatoms. The van der Waals surface area contributed by atoms with Crippen LogP contribution in [0.25, 0.3) is 0 Å². The van der Waals surface area contributed by atoms with E-state index in [1.54, 1.807) is 12.1 Å². The maximum absolute atomic E-state index is 11.3. The highest BCUT2D eigenvalue weighted by Crippen LogP contribution is 2.50. The van der Waals surface area contributed by atoms with Gasteiger partial charge in [0, 0.05) is 16.6 Å². The van der Waals surface area contributed by atoms with Crippen molar-refractivity contribution in [2.75, 3.05) is 5.32 Å². The van der Waals surface area contributed by atoms with Gasteiger partial charge >= 0.3 is 5.97 Å². The van der Waals surface area contributed by atoms with Gasteiger partial charge in [-0.05, 0) is 47.7 Å². The number of carbonyl (C=O) groups is 1. The number of fused-ring (bicyclic) bond motifs is 3. The highest BCUT2D eigenvalue weighted by atomic mass is 35.5. The molecule has 0 saturated carbocycles. The molecule has 23 heavy (non-hydrogen) atoms. The van der Waals surface area contributed by atoms with Crippen LogP contribution in [0.5, 0.6) is 0 Å². The molecule has 0 radical (unpaired) electrons. The zero-order valence-electron chi connectivity index (χ0n) is 12.4. The molecule has 116 valence electrons. The average molecular weight is 326 g/mol. The largest absolute Gasteiger partial charge is 0.478 e. The molecule has 2 N–H and O–H groups in total. The second-order valence-electron chi connectivity index (χ2n) is 6.10. The van der Waals surface area contributed by atoms with Gasteiger partial charge in [0.05, 0.1) is 11.6 Å². The number of hydrogen-bond acceptors (Lipinski definition) is 2. The van der Waals surface area contributed by atoms with Gasteiger partial charge in [-0.3, -0.25) is 0 Å². The Morgan fingerprint density at radius 2 is 2.00 bits per heavy atom. The van der Waals surface area contributed by atoms with Gasteiger partial charge in [-0.25, -0.2) is 4.79 Å². The number of carboxylic acids is 1. The Hall–Kier alpha value is -2.26. The van der Waals surface area contributed by atoms with Crippen molar-refractivity contribution in [1.82, 2.24) is 0 Å². The molecule has 1 aliphatic carbocycles. The lowest BCUT2D eigenvalue weighted by Gasteiger charge is -2.38. The van der Waals surface area contributed by atoms with E-state index in [9.17, 15) is 9.90 Å². The second kappa shape index (κ2) is 5.43. The fraction of sp³-hybridized carbons (Fsp3) is 0.211. The summed E-state index contributed by atoms with van der Waals surface area (Å²) in [5.74, 6) is -0.308. The van der Waals surface area contributed by atoms with E-state index in [1.165, 1.54) is 0 Å². The third-order valence-corrected chi connectivity index (χ3v) is 5.19. The molecule has 1 heterocycles. The first-order chi connectivity index (χ1) is 11.1. The van der Waals surface area contributed by atoms with Gasteiger partial charge in [0.1, 0.15) is 0 Å². The molecule has 3 atom stereocenters. The van der Waals surface area contributed by atoms with Crippen molar-refractivity contribution in [1.29, 1.82) is 0 Å². The molecular weight excluding hydrogens is 310 g/mol. The first kappa shape index (κ1) is 14.3. The molecule has 0 unspecified atom stereocenters. The van der Waals surface area contributed by atoms with Crippen LogP contribution in [0.1, 0.15) is 39.9 Å². The number of carboxylic acid groups (broad SMARTS) is 1. The number of nitrogens with one attached hydrogen (secondary N) is 1. The molecule has 1 aliphatic heterocycles. The van der Waals surface area contributed by atoms with Crippen molar-refractivity contribution in [2.45, 2.75) is 18.4 Å². The maximum atomic E-state index is 11.3. The Morgan fingerprint density at radius 3 is 2.78 bits per heavy atom. The number of rotatable bonds is 2. The number of allylic oxidation sites excluding steroid dienone is 2.